The van der Waals surface area contributed by atoms with Crippen molar-refractivity contribution in [3.05, 3.63) is 34.5 Å². The molecule has 8 heteroatoms. The topological polar surface area (TPSA) is 91.3 Å². The molecule has 1 aromatic heterocycles. The molecule has 2 fully saturated rings. The molecule has 4 rings (SSSR count). The Morgan fingerprint density at radius 1 is 1.18 bits per heavy atom. The second-order valence-electron chi connectivity index (χ2n) is 7.65. The number of halogens is 1. The predicted molar refractivity (Wildman–Crippen MR) is 106 cm³/mol. The largest absolute Gasteiger partial charge is 0.476 e. The second-order valence-corrected chi connectivity index (χ2v) is 8.05. The molecule has 0 bridgehead atoms. The van der Waals surface area contributed by atoms with Crippen LogP contribution in [-0.4, -0.2) is 45.7 Å². The van der Waals surface area contributed by atoms with Crippen LogP contribution in [0.15, 0.2) is 18.2 Å². The number of benzene rings is 1. The number of rotatable bonds is 5. The Labute approximate surface area is 169 Å². The van der Waals surface area contributed by atoms with Crippen LogP contribution in [0.3, 0.4) is 0 Å². The molecule has 150 valence electrons. The van der Waals surface area contributed by atoms with Crippen molar-refractivity contribution in [3.63, 3.8) is 0 Å². The molecule has 1 saturated heterocycles. The fourth-order valence-electron chi connectivity index (χ4n) is 4.28. The van der Waals surface area contributed by atoms with Gasteiger partial charge in [0.2, 0.25) is 5.69 Å². The van der Waals surface area contributed by atoms with E-state index >= 15 is 0 Å². The monoisotopic (exact) mass is 404 g/mol. The summed E-state index contributed by atoms with van der Waals surface area (Å²) in [5.74, 6) is -0.592. The number of nitrogens with zero attached hydrogens (tertiary/aromatic N) is 3. The first-order chi connectivity index (χ1) is 13.6. The normalized spacial score (nSPS) is 22.8. The Morgan fingerprint density at radius 3 is 2.61 bits per heavy atom. The maximum atomic E-state index is 11.1. The van der Waals surface area contributed by atoms with Crippen molar-refractivity contribution < 1.29 is 14.6 Å². The molecule has 0 unspecified atom stereocenters. The van der Waals surface area contributed by atoms with E-state index in [0.29, 0.717) is 5.92 Å². The lowest BCUT2D eigenvalue weighted by molar-refractivity contribution is 0.0678. The molecule has 0 amide bonds. The third kappa shape index (κ3) is 4.09. The molecular weight excluding hydrogens is 380 g/mol. The van der Waals surface area contributed by atoms with Gasteiger partial charge in [-0.05, 0) is 68.6 Å². The van der Waals surface area contributed by atoms with Gasteiger partial charge in [-0.3, -0.25) is 0 Å². The van der Waals surface area contributed by atoms with Crippen LogP contribution in [0.4, 0.5) is 5.69 Å². The molecule has 28 heavy (non-hydrogen) atoms. The Hall–Kier alpha value is -2.28. The van der Waals surface area contributed by atoms with Gasteiger partial charge in [0.1, 0.15) is 6.10 Å². The lowest BCUT2D eigenvalue weighted by atomic mass is 9.82. The Balaban J connectivity index is 1.36. The molecule has 1 aromatic carbocycles. The molecule has 1 saturated carbocycles. The minimum atomic E-state index is -1.11. The van der Waals surface area contributed by atoms with Crippen LogP contribution < -0.4 is 9.64 Å². The van der Waals surface area contributed by atoms with Gasteiger partial charge in [-0.2, -0.15) is 0 Å². The van der Waals surface area contributed by atoms with Gasteiger partial charge < -0.3 is 14.7 Å². The summed E-state index contributed by atoms with van der Waals surface area (Å²) in [5, 5.41) is 19.6. The second kappa shape index (κ2) is 8.39. The fraction of sp³-hybridized carbons (Fsp3) is 0.550. The van der Waals surface area contributed by atoms with E-state index in [1.165, 1.54) is 24.8 Å². The predicted octanol–water partition coefficient (Wildman–Crippen LogP) is 4.25. The van der Waals surface area contributed by atoms with Crippen LogP contribution in [0.5, 0.6) is 5.88 Å². The van der Waals surface area contributed by atoms with Crippen LogP contribution in [0.2, 0.25) is 5.02 Å². The van der Waals surface area contributed by atoms with Crippen molar-refractivity contribution in [3.8, 4) is 5.88 Å². The van der Waals surface area contributed by atoms with Crippen LogP contribution in [0.25, 0.3) is 0 Å². The SMILES string of the molecule is O=C(O)c1[nH]nnc1OC1CCC(c2ccc(N3CCCCC3)c(Cl)c2)CC1. The van der Waals surface area contributed by atoms with E-state index in [4.69, 9.17) is 21.4 Å². The molecule has 0 spiro atoms. The molecule has 2 aromatic rings. The average molecular weight is 405 g/mol. The van der Waals surface area contributed by atoms with Gasteiger partial charge in [0.15, 0.2) is 0 Å². The summed E-state index contributed by atoms with van der Waals surface area (Å²) in [7, 11) is 0. The molecule has 7 nitrogen and oxygen atoms in total. The van der Waals surface area contributed by atoms with E-state index in [-0.39, 0.29) is 17.7 Å². The molecule has 1 aliphatic heterocycles. The summed E-state index contributed by atoms with van der Waals surface area (Å²) in [6.07, 6.45) is 7.38. The van der Waals surface area contributed by atoms with Gasteiger partial charge in [0, 0.05) is 13.1 Å². The van der Waals surface area contributed by atoms with Crippen LogP contribution in [0.1, 0.15) is 66.9 Å². The van der Waals surface area contributed by atoms with Gasteiger partial charge >= 0.3 is 5.97 Å². The first-order valence-electron chi connectivity index (χ1n) is 9.97. The number of aromatic nitrogens is 3. The Bertz CT molecular complexity index is 827. The number of carbonyl (C=O) groups is 1. The van der Waals surface area contributed by atoms with Gasteiger partial charge in [0.25, 0.3) is 5.88 Å². The molecule has 1 aliphatic carbocycles. The van der Waals surface area contributed by atoms with Crippen molar-refractivity contribution in [1.29, 1.82) is 0 Å². The van der Waals surface area contributed by atoms with E-state index in [0.717, 1.165) is 49.5 Å². The van der Waals surface area contributed by atoms with Crippen molar-refractivity contribution in [1.82, 2.24) is 15.4 Å². The summed E-state index contributed by atoms with van der Waals surface area (Å²) in [4.78, 5) is 13.5. The molecule has 2 N–H and O–H groups in total. The number of nitrogens with one attached hydrogen (secondary N) is 1. The third-order valence-corrected chi connectivity index (χ3v) is 6.13. The lowest BCUT2D eigenvalue weighted by Crippen LogP contribution is -2.29. The smallest absolute Gasteiger partial charge is 0.359 e. The van der Waals surface area contributed by atoms with E-state index in [9.17, 15) is 4.79 Å². The van der Waals surface area contributed by atoms with E-state index < -0.39 is 5.97 Å². The number of anilines is 1. The maximum Gasteiger partial charge on any atom is 0.359 e. The van der Waals surface area contributed by atoms with Gasteiger partial charge in [-0.25, -0.2) is 9.89 Å². The number of aromatic carboxylic acids is 1. The van der Waals surface area contributed by atoms with Crippen molar-refractivity contribution in [2.45, 2.75) is 57.0 Å². The van der Waals surface area contributed by atoms with E-state index in [1.807, 2.05) is 0 Å². The Morgan fingerprint density at radius 2 is 1.93 bits per heavy atom. The summed E-state index contributed by atoms with van der Waals surface area (Å²) in [6.45, 7) is 2.17. The van der Waals surface area contributed by atoms with Crippen molar-refractivity contribution in [2.24, 2.45) is 0 Å². The summed E-state index contributed by atoms with van der Waals surface area (Å²) in [5.41, 5.74) is 2.33. The fourth-order valence-corrected chi connectivity index (χ4v) is 4.59. The highest BCUT2D eigenvalue weighted by Gasteiger charge is 2.27. The van der Waals surface area contributed by atoms with E-state index in [2.05, 4.69) is 38.5 Å². The number of ether oxygens (including phenoxy) is 1. The highest BCUT2D eigenvalue weighted by atomic mass is 35.5. The average Bonchev–Trinajstić information content (AvgIpc) is 3.18. The lowest BCUT2D eigenvalue weighted by Gasteiger charge is -2.31. The zero-order valence-electron chi connectivity index (χ0n) is 15.7. The van der Waals surface area contributed by atoms with Gasteiger partial charge in [0.05, 0.1) is 10.7 Å². The van der Waals surface area contributed by atoms with Crippen LogP contribution in [-0.2, 0) is 0 Å². The number of hydrogen-bond donors (Lipinski definition) is 2. The van der Waals surface area contributed by atoms with Crippen LogP contribution >= 0.6 is 11.6 Å². The number of piperidine rings is 1. The number of carboxylic acids is 1. The van der Waals surface area contributed by atoms with Crippen molar-refractivity contribution >= 4 is 23.3 Å². The van der Waals surface area contributed by atoms with Gasteiger partial charge in [-0.15, -0.1) is 0 Å². The van der Waals surface area contributed by atoms with E-state index in [1.54, 1.807) is 0 Å². The standard InChI is InChI=1S/C20H25ClN4O3/c21-16-12-14(6-9-17(16)25-10-2-1-3-11-25)13-4-7-15(8-5-13)28-19-18(20(26)27)22-24-23-19/h6,9,12-13,15H,1-5,7-8,10-11H2,(H,26,27)(H,22,23,24). The maximum absolute atomic E-state index is 11.1. The third-order valence-electron chi connectivity index (χ3n) is 5.82. The minimum Gasteiger partial charge on any atom is -0.476 e. The number of hydrogen-bond acceptors (Lipinski definition) is 5. The highest BCUT2D eigenvalue weighted by Crippen LogP contribution is 2.38. The minimum absolute atomic E-state index is 0.0393. The summed E-state index contributed by atoms with van der Waals surface area (Å²) in [6, 6.07) is 6.50. The zero-order valence-corrected chi connectivity index (χ0v) is 16.5. The number of aromatic amines is 1. The molecule has 0 atom stereocenters. The first-order valence-corrected chi connectivity index (χ1v) is 10.3. The molecule has 2 aliphatic rings. The highest BCUT2D eigenvalue weighted by molar-refractivity contribution is 6.33. The number of H-pyrrole nitrogens is 1. The van der Waals surface area contributed by atoms with Gasteiger partial charge in [-0.1, -0.05) is 28.0 Å². The Kier molecular flexibility index (Phi) is 5.71. The molecule has 0 radical (unpaired) electrons. The van der Waals surface area contributed by atoms with Crippen LogP contribution in [0, 0.1) is 0 Å². The first kappa shape index (κ1) is 19.1. The summed E-state index contributed by atoms with van der Waals surface area (Å²) < 4.78 is 5.78. The number of carboxylic acid groups (broad SMARTS) is 1. The zero-order chi connectivity index (χ0) is 19.5. The quantitative estimate of drug-likeness (QED) is 0.773. The molecule has 2 heterocycles. The summed E-state index contributed by atoms with van der Waals surface area (Å²) >= 11 is 6.61. The molecular formula is C20H25ClN4O3. The van der Waals surface area contributed by atoms with Crippen molar-refractivity contribution in [2.75, 3.05) is 18.0 Å².